The summed E-state index contributed by atoms with van der Waals surface area (Å²) >= 11 is 1.38. The van der Waals surface area contributed by atoms with Crippen molar-refractivity contribution in [1.82, 2.24) is 4.57 Å². The van der Waals surface area contributed by atoms with Crippen molar-refractivity contribution in [3.05, 3.63) is 65.5 Å². The van der Waals surface area contributed by atoms with Crippen LogP contribution in [0.5, 0.6) is 5.75 Å². The molecule has 0 aliphatic carbocycles. The second-order valence-corrected chi connectivity index (χ2v) is 6.26. The minimum atomic E-state index is -0.589. The minimum absolute atomic E-state index is 0.0133. The van der Waals surface area contributed by atoms with E-state index in [0.29, 0.717) is 10.5 Å². The van der Waals surface area contributed by atoms with E-state index in [9.17, 15) is 14.7 Å². The molecule has 3 rings (SSSR count). The van der Waals surface area contributed by atoms with Crippen molar-refractivity contribution in [1.29, 1.82) is 0 Å². The van der Waals surface area contributed by atoms with Crippen molar-refractivity contribution >= 4 is 39.1 Å². The Morgan fingerprint density at radius 1 is 1.28 bits per heavy atom. The summed E-state index contributed by atoms with van der Waals surface area (Å²) in [6.07, 6.45) is 1.12. The van der Waals surface area contributed by atoms with Crippen molar-refractivity contribution in [3.8, 4) is 5.75 Å². The molecule has 0 unspecified atom stereocenters. The standard InChI is InChI=1S/C18H15N3O3S/c1-3-16(23)19-11-8-9-14(22)12(10-11)17(24)20-18-21(2)13-6-4-5-7-15(13)25-18/h3-10,22H,1H2,2H3,(H,19,23). The lowest BCUT2D eigenvalue weighted by Crippen LogP contribution is -2.13. The van der Waals surface area contributed by atoms with Crippen LogP contribution in [-0.4, -0.2) is 21.5 Å². The van der Waals surface area contributed by atoms with Gasteiger partial charge in [0.15, 0.2) is 4.80 Å². The van der Waals surface area contributed by atoms with Crippen molar-refractivity contribution in [2.45, 2.75) is 0 Å². The lowest BCUT2D eigenvalue weighted by molar-refractivity contribution is -0.111. The fraction of sp³-hybridized carbons (Fsp3) is 0.0556. The molecule has 2 amide bonds. The number of aromatic hydroxyl groups is 1. The Morgan fingerprint density at radius 3 is 2.76 bits per heavy atom. The molecule has 1 heterocycles. The molecule has 126 valence electrons. The van der Waals surface area contributed by atoms with Crippen LogP contribution in [0.2, 0.25) is 0 Å². The minimum Gasteiger partial charge on any atom is -0.507 e. The smallest absolute Gasteiger partial charge is 0.283 e. The highest BCUT2D eigenvalue weighted by molar-refractivity contribution is 7.16. The predicted molar refractivity (Wildman–Crippen MR) is 97.6 cm³/mol. The second-order valence-electron chi connectivity index (χ2n) is 5.25. The van der Waals surface area contributed by atoms with Crippen LogP contribution < -0.4 is 10.1 Å². The number of fused-ring (bicyclic) bond motifs is 1. The highest BCUT2D eigenvalue weighted by Crippen LogP contribution is 2.23. The van der Waals surface area contributed by atoms with Crippen molar-refractivity contribution in [2.75, 3.05) is 5.32 Å². The van der Waals surface area contributed by atoms with Gasteiger partial charge >= 0.3 is 0 Å². The monoisotopic (exact) mass is 353 g/mol. The van der Waals surface area contributed by atoms with Crippen molar-refractivity contribution in [3.63, 3.8) is 0 Å². The van der Waals surface area contributed by atoms with E-state index < -0.39 is 11.8 Å². The summed E-state index contributed by atoms with van der Waals surface area (Å²) in [6.45, 7) is 3.37. The predicted octanol–water partition coefficient (Wildman–Crippen LogP) is 2.81. The fourth-order valence-corrected chi connectivity index (χ4v) is 3.33. The Bertz CT molecular complexity index is 1060. The Hall–Kier alpha value is -3.19. The Balaban J connectivity index is 2.02. The van der Waals surface area contributed by atoms with Crippen molar-refractivity contribution < 1.29 is 14.7 Å². The number of hydrogen-bond acceptors (Lipinski definition) is 4. The fourth-order valence-electron chi connectivity index (χ4n) is 2.31. The van der Waals surface area contributed by atoms with Gasteiger partial charge in [-0.1, -0.05) is 30.0 Å². The van der Waals surface area contributed by atoms with E-state index in [1.54, 1.807) is 0 Å². The van der Waals surface area contributed by atoms with Gasteiger partial charge in [0.1, 0.15) is 5.75 Å². The zero-order chi connectivity index (χ0) is 18.0. The molecule has 25 heavy (non-hydrogen) atoms. The van der Waals surface area contributed by atoms with Gasteiger partial charge in [0.2, 0.25) is 5.91 Å². The van der Waals surface area contributed by atoms with Gasteiger partial charge in [-0.2, -0.15) is 4.99 Å². The number of nitrogens with zero attached hydrogens (tertiary/aromatic N) is 2. The molecule has 0 aliphatic rings. The zero-order valence-electron chi connectivity index (χ0n) is 13.4. The first kappa shape index (κ1) is 16.7. The second kappa shape index (κ2) is 6.74. The molecule has 2 N–H and O–H groups in total. The number of rotatable bonds is 3. The third kappa shape index (κ3) is 3.36. The molecule has 0 spiro atoms. The van der Waals surface area contributed by atoms with Crippen LogP contribution in [0.25, 0.3) is 10.2 Å². The van der Waals surface area contributed by atoms with Gasteiger partial charge in [-0.05, 0) is 36.4 Å². The number of aromatic nitrogens is 1. The summed E-state index contributed by atoms with van der Waals surface area (Å²) in [7, 11) is 1.82. The number of phenols is 1. The average Bonchev–Trinajstić information content (AvgIpc) is 2.92. The molecule has 2 aromatic carbocycles. The topological polar surface area (TPSA) is 83.7 Å². The van der Waals surface area contributed by atoms with Gasteiger partial charge < -0.3 is 15.0 Å². The number of amides is 2. The van der Waals surface area contributed by atoms with E-state index in [-0.39, 0.29) is 11.3 Å². The highest BCUT2D eigenvalue weighted by Gasteiger charge is 2.13. The van der Waals surface area contributed by atoms with Crippen LogP contribution in [0, 0.1) is 0 Å². The number of thiazole rings is 1. The molecule has 6 nitrogen and oxygen atoms in total. The number of benzene rings is 2. The first-order valence-electron chi connectivity index (χ1n) is 7.39. The van der Waals surface area contributed by atoms with Crippen LogP contribution in [0.3, 0.4) is 0 Å². The van der Waals surface area contributed by atoms with E-state index in [0.717, 1.165) is 16.3 Å². The van der Waals surface area contributed by atoms with Crippen LogP contribution in [-0.2, 0) is 11.8 Å². The molecule has 0 atom stereocenters. The number of anilines is 1. The summed E-state index contributed by atoms with van der Waals surface area (Å²) in [5, 5.41) is 12.5. The third-order valence-electron chi connectivity index (χ3n) is 3.59. The summed E-state index contributed by atoms with van der Waals surface area (Å²) in [4.78, 5) is 28.5. The summed E-state index contributed by atoms with van der Waals surface area (Å²) in [6, 6.07) is 11.9. The van der Waals surface area contributed by atoms with E-state index >= 15 is 0 Å². The maximum absolute atomic E-state index is 12.5. The third-order valence-corrected chi connectivity index (χ3v) is 4.70. The number of carbonyl (C=O) groups excluding carboxylic acids is 2. The molecule has 1 aromatic heterocycles. The van der Waals surface area contributed by atoms with Gasteiger partial charge in [0.25, 0.3) is 5.91 Å². The SMILES string of the molecule is C=CC(=O)Nc1ccc(O)c(C(=O)N=c2sc3ccccc3n2C)c1. The summed E-state index contributed by atoms with van der Waals surface area (Å²) < 4.78 is 2.82. The van der Waals surface area contributed by atoms with E-state index in [1.807, 2.05) is 35.9 Å². The molecule has 7 heteroatoms. The van der Waals surface area contributed by atoms with Gasteiger partial charge in [-0.25, -0.2) is 0 Å². The van der Waals surface area contributed by atoms with Crippen LogP contribution in [0.1, 0.15) is 10.4 Å². The van der Waals surface area contributed by atoms with Gasteiger partial charge in [0, 0.05) is 12.7 Å². The van der Waals surface area contributed by atoms with Gasteiger partial charge in [0.05, 0.1) is 15.8 Å². The maximum atomic E-state index is 12.5. The number of aryl methyl sites for hydroxylation is 1. The lowest BCUT2D eigenvalue weighted by Gasteiger charge is -2.05. The molecule has 0 bridgehead atoms. The molecular formula is C18H15N3O3S. The van der Waals surface area contributed by atoms with Crippen LogP contribution >= 0.6 is 11.3 Å². The Morgan fingerprint density at radius 2 is 2.04 bits per heavy atom. The largest absolute Gasteiger partial charge is 0.507 e. The Labute approximate surface area is 147 Å². The van der Waals surface area contributed by atoms with E-state index in [4.69, 9.17) is 0 Å². The van der Waals surface area contributed by atoms with Gasteiger partial charge in [-0.15, -0.1) is 0 Å². The molecule has 3 aromatic rings. The first-order valence-corrected chi connectivity index (χ1v) is 8.21. The molecule has 0 aliphatic heterocycles. The zero-order valence-corrected chi connectivity index (χ0v) is 14.2. The number of hydrogen-bond donors (Lipinski definition) is 2. The maximum Gasteiger partial charge on any atom is 0.283 e. The number of nitrogens with one attached hydrogen (secondary N) is 1. The molecule has 0 fully saturated rings. The number of carbonyl (C=O) groups is 2. The summed E-state index contributed by atoms with van der Waals surface area (Å²) in [5.41, 5.74) is 1.36. The molecular weight excluding hydrogens is 338 g/mol. The quantitative estimate of drug-likeness (QED) is 0.561. The number of phenolic OH excluding ortho intramolecular Hbond substituents is 1. The van der Waals surface area contributed by atoms with E-state index in [2.05, 4.69) is 16.9 Å². The average molecular weight is 353 g/mol. The summed E-state index contributed by atoms with van der Waals surface area (Å²) in [5.74, 6) is -1.19. The number of para-hydroxylation sites is 1. The molecule has 0 saturated carbocycles. The highest BCUT2D eigenvalue weighted by atomic mass is 32.1. The molecule has 0 radical (unpaired) electrons. The van der Waals surface area contributed by atoms with Crippen molar-refractivity contribution in [2.24, 2.45) is 12.0 Å². The van der Waals surface area contributed by atoms with Gasteiger partial charge in [-0.3, -0.25) is 9.59 Å². The Kier molecular flexibility index (Phi) is 4.49. The van der Waals surface area contributed by atoms with Crippen LogP contribution in [0.4, 0.5) is 5.69 Å². The molecule has 0 saturated heterocycles. The van der Waals surface area contributed by atoms with E-state index in [1.165, 1.54) is 29.5 Å². The lowest BCUT2D eigenvalue weighted by atomic mass is 10.1. The normalized spacial score (nSPS) is 11.5. The van der Waals surface area contributed by atoms with Crippen LogP contribution in [0.15, 0.2) is 60.1 Å². The first-order chi connectivity index (χ1) is 12.0.